The smallest absolute Gasteiger partial charge is 0.234 e. The minimum atomic E-state index is -0.360. The van der Waals surface area contributed by atoms with Gasteiger partial charge in [0.05, 0.1) is 17.3 Å². The van der Waals surface area contributed by atoms with E-state index in [9.17, 15) is 9.18 Å². The van der Waals surface area contributed by atoms with E-state index < -0.39 is 0 Å². The summed E-state index contributed by atoms with van der Waals surface area (Å²) >= 11 is 4.94. The van der Waals surface area contributed by atoms with Crippen molar-refractivity contribution in [2.75, 3.05) is 18.2 Å². The van der Waals surface area contributed by atoms with E-state index in [2.05, 4.69) is 21.2 Å². The number of rotatable bonds is 6. The lowest BCUT2D eigenvalue weighted by Gasteiger charge is -2.09. The molecule has 0 fully saturated rings. The number of hydrogen-bond donors (Lipinski definition) is 1. The van der Waals surface area contributed by atoms with E-state index in [4.69, 9.17) is 4.74 Å². The van der Waals surface area contributed by atoms with Gasteiger partial charge in [0.25, 0.3) is 0 Å². The van der Waals surface area contributed by atoms with Crippen molar-refractivity contribution >= 4 is 39.3 Å². The molecule has 0 aliphatic carbocycles. The van der Waals surface area contributed by atoms with Crippen LogP contribution in [0.5, 0.6) is 5.75 Å². The van der Waals surface area contributed by atoms with Crippen molar-refractivity contribution in [2.24, 2.45) is 0 Å². The first kappa shape index (κ1) is 17.8. The predicted octanol–water partition coefficient (Wildman–Crippen LogP) is 4.78. The van der Waals surface area contributed by atoms with Crippen LogP contribution in [0.15, 0.2) is 40.9 Å². The van der Waals surface area contributed by atoms with Gasteiger partial charge in [-0.3, -0.25) is 4.79 Å². The number of hydrogen-bond acceptors (Lipinski definition) is 3. The molecule has 3 nitrogen and oxygen atoms in total. The van der Waals surface area contributed by atoms with Gasteiger partial charge >= 0.3 is 0 Å². The summed E-state index contributed by atoms with van der Waals surface area (Å²) in [4.78, 5) is 11.9. The molecule has 0 unspecified atom stereocenters. The summed E-state index contributed by atoms with van der Waals surface area (Å²) in [6.07, 6.45) is 0. The Morgan fingerprint density at radius 1 is 1.30 bits per heavy atom. The third kappa shape index (κ3) is 5.25. The number of thioether (sulfide) groups is 1. The average Bonchev–Trinajstić information content (AvgIpc) is 2.51. The fourth-order valence-corrected chi connectivity index (χ4v) is 3.34. The fourth-order valence-electron chi connectivity index (χ4n) is 1.98. The Labute approximate surface area is 147 Å². The van der Waals surface area contributed by atoms with Crippen molar-refractivity contribution < 1.29 is 13.9 Å². The lowest BCUT2D eigenvalue weighted by molar-refractivity contribution is -0.113. The van der Waals surface area contributed by atoms with Gasteiger partial charge in [-0.2, -0.15) is 0 Å². The third-order valence-electron chi connectivity index (χ3n) is 3.19. The van der Waals surface area contributed by atoms with Crippen LogP contribution in [0.2, 0.25) is 0 Å². The predicted molar refractivity (Wildman–Crippen MR) is 96.6 cm³/mol. The average molecular weight is 398 g/mol. The third-order valence-corrected chi connectivity index (χ3v) is 4.82. The first-order valence-electron chi connectivity index (χ1n) is 6.95. The van der Waals surface area contributed by atoms with E-state index in [1.54, 1.807) is 13.2 Å². The molecule has 0 spiro atoms. The maximum absolute atomic E-state index is 13.2. The molecule has 6 heteroatoms. The van der Waals surface area contributed by atoms with Crippen molar-refractivity contribution in [1.29, 1.82) is 0 Å². The highest BCUT2D eigenvalue weighted by atomic mass is 79.9. The summed E-state index contributed by atoms with van der Waals surface area (Å²) in [5, 5.41) is 2.74. The topological polar surface area (TPSA) is 38.3 Å². The molecule has 122 valence electrons. The SMILES string of the molecule is COc1ccc(CSCC(=O)Nc2cc(F)ccc2C)cc1Br. The number of carbonyl (C=O) groups is 1. The van der Waals surface area contributed by atoms with Gasteiger partial charge in [-0.1, -0.05) is 12.1 Å². The first-order valence-corrected chi connectivity index (χ1v) is 8.90. The monoisotopic (exact) mass is 397 g/mol. The highest BCUT2D eigenvalue weighted by Gasteiger charge is 2.07. The van der Waals surface area contributed by atoms with Gasteiger partial charge in [0.15, 0.2) is 0 Å². The summed E-state index contributed by atoms with van der Waals surface area (Å²) in [6, 6.07) is 10.2. The molecule has 0 aliphatic heterocycles. The van der Waals surface area contributed by atoms with Gasteiger partial charge < -0.3 is 10.1 Å². The molecule has 0 saturated carbocycles. The summed E-state index contributed by atoms with van der Waals surface area (Å²) in [5.41, 5.74) is 2.45. The molecule has 23 heavy (non-hydrogen) atoms. The van der Waals surface area contributed by atoms with Gasteiger partial charge in [0.2, 0.25) is 5.91 Å². The van der Waals surface area contributed by atoms with Gasteiger partial charge in [0, 0.05) is 11.4 Å². The minimum absolute atomic E-state index is 0.142. The highest BCUT2D eigenvalue weighted by Crippen LogP contribution is 2.27. The molecular formula is C17H17BrFNO2S. The van der Waals surface area contributed by atoms with Crippen LogP contribution in [0.3, 0.4) is 0 Å². The van der Waals surface area contributed by atoms with Crippen molar-refractivity contribution in [3.63, 3.8) is 0 Å². The Hall–Kier alpha value is -1.53. The van der Waals surface area contributed by atoms with Gasteiger partial charge in [0.1, 0.15) is 11.6 Å². The molecule has 2 aromatic rings. The molecule has 1 N–H and O–H groups in total. The summed E-state index contributed by atoms with van der Waals surface area (Å²) < 4.78 is 19.3. The van der Waals surface area contributed by atoms with Crippen LogP contribution in [0.1, 0.15) is 11.1 Å². The Bertz CT molecular complexity index is 709. The molecule has 2 aromatic carbocycles. The van der Waals surface area contributed by atoms with Gasteiger partial charge in [-0.15, -0.1) is 11.8 Å². The summed E-state index contributed by atoms with van der Waals surface area (Å²) in [6.45, 7) is 1.83. The molecule has 0 heterocycles. The van der Waals surface area contributed by atoms with Crippen molar-refractivity contribution in [3.05, 3.63) is 57.8 Å². The molecule has 0 atom stereocenters. The van der Waals surface area contributed by atoms with Crippen molar-refractivity contribution in [3.8, 4) is 5.75 Å². The number of carbonyl (C=O) groups excluding carboxylic acids is 1. The second-order valence-corrected chi connectivity index (χ2v) is 6.81. The van der Waals surface area contributed by atoms with E-state index in [1.165, 1.54) is 23.9 Å². The molecule has 1 amide bonds. The van der Waals surface area contributed by atoms with E-state index in [1.807, 2.05) is 25.1 Å². The second-order valence-electron chi connectivity index (χ2n) is 4.97. The van der Waals surface area contributed by atoms with Crippen LogP contribution in [0.25, 0.3) is 0 Å². The van der Waals surface area contributed by atoms with Crippen LogP contribution in [-0.4, -0.2) is 18.8 Å². The lowest BCUT2D eigenvalue weighted by Crippen LogP contribution is -2.15. The van der Waals surface area contributed by atoms with Crippen LogP contribution < -0.4 is 10.1 Å². The van der Waals surface area contributed by atoms with Crippen LogP contribution in [0, 0.1) is 12.7 Å². The van der Waals surface area contributed by atoms with Crippen molar-refractivity contribution in [1.82, 2.24) is 0 Å². The molecular weight excluding hydrogens is 381 g/mol. The van der Waals surface area contributed by atoms with Crippen LogP contribution in [-0.2, 0) is 10.5 Å². The summed E-state index contributed by atoms with van der Waals surface area (Å²) in [5.74, 6) is 1.29. The lowest BCUT2D eigenvalue weighted by atomic mass is 10.2. The first-order chi connectivity index (χ1) is 11.0. The number of aryl methyl sites for hydroxylation is 1. The fraction of sp³-hybridized carbons (Fsp3) is 0.235. The normalized spacial score (nSPS) is 10.4. The Balaban J connectivity index is 1.85. The number of methoxy groups -OCH3 is 1. The number of amides is 1. The second kappa shape index (κ2) is 8.36. The van der Waals surface area contributed by atoms with Gasteiger partial charge in [-0.05, 0) is 58.2 Å². The quantitative estimate of drug-likeness (QED) is 0.762. The maximum atomic E-state index is 13.2. The number of nitrogens with one attached hydrogen (secondary N) is 1. The standard InChI is InChI=1S/C17H17BrFNO2S/c1-11-3-5-13(19)8-15(11)20-17(21)10-23-9-12-4-6-16(22-2)14(18)7-12/h3-8H,9-10H2,1-2H3,(H,20,21). The molecule has 0 radical (unpaired) electrons. The van der Waals surface area contributed by atoms with E-state index in [-0.39, 0.29) is 11.7 Å². The molecule has 2 rings (SSSR count). The minimum Gasteiger partial charge on any atom is -0.496 e. The zero-order chi connectivity index (χ0) is 16.8. The maximum Gasteiger partial charge on any atom is 0.234 e. The van der Waals surface area contributed by atoms with Gasteiger partial charge in [-0.25, -0.2) is 4.39 Å². The molecule has 0 aromatic heterocycles. The number of ether oxygens (including phenoxy) is 1. The molecule has 0 saturated heterocycles. The Kier molecular flexibility index (Phi) is 6.47. The zero-order valence-corrected chi connectivity index (χ0v) is 15.3. The van der Waals surface area contributed by atoms with E-state index >= 15 is 0 Å². The summed E-state index contributed by atoms with van der Waals surface area (Å²) in [7, 11) is 1.62. The molecule has 0 bridgehead atoms. The number of benzene rings is 2. The van der Waals surface area contributed by atoms with Crippen LogP contribution in [0.4, 0.5) is 10.1 Å². The van der Waals surface area contributed by atoms with Crippen molar-refractivity contribution in [2.45, 2.75) is 12.7 Å². The Morgan fingerprint density at radius 3 is 2.78 bits per heavy atom. The Morgan fingerprint density at radius 2 is 2.09 bits per heavy atom. The highest BCUT2D eigenvalue weighted by molar-refractivity contribution is 9.10. The zero-order valence-electron chi connectivity index (χ0n) is 12.9. The van der Waals surface area contributed by atoms with E-state index in [0.717, 1.165) is 21.3 Å². The number of halogens is 2. The van der Waals surface area contributed by atoms with Crippen LogP contribution >= 0.6 is 27.7 Å². The largest absolute Gasteiger partial charge is 0.496 e. The number of anilines is 1. The van der Waals surface area contributed by atoms with E-state index in [0.29, 0.717) is 17.2 Å². The molecule has 0 aliphatic rings.